The number of benzene rings is 2. The van der Waals surface area contributed by atoms with Gasteiger partial charge in [-0.1, -0.05) is 42.0 Å². The lowest BCUT2D eigenvalue weighted by Crippen LogP contribution is -2.23. The Kier molecular flexibility index (Phi) is 5.17. The van der Waals surface area contributed by atoms with E-state index in [-0.39, 0.29) is 0 Å². The summed E-state index contributed by atoms with van der Waals surface area (Å²) in [6, 6.07) is 16.0. The molecule has 0 atom stereocenters. The first kappa shape index (κ1) is 15.3. The largest absolute Gasteiger partial charge is 0.492 e. The lowest BCUT2D eigenvalue weighted by atomic mass is 10.2. The number of likely N-dealkylation sites (N-methyl/N-ethyl adjacent to an activating group) is 1. The lowest BCUT2D eigenvalue weighted by Gasteiger charge is -2.19. The maximum Gasteiger partial charge on any atom is 0.120 e. The SMILES string of the molecule is Cc1ccc(N(C)CCOc2cccc(C(N)=S)c2)cc1. The molecular formula is C17H20N2OS. The van der Waals surface area contributed by atoms with E-state index in [1.807, 2.05) is 24.3 Å². The van der Waals surface area contributed by atoms with Gasteiger partial charge < -0.3 is 15.4 Å². The van der Waals surface area contributed by atoms with Crippen molar-refractivity contribution in [2.45, 2.75) is 6.92 Å². The summed E-state index contributed by atoms with van der Waals surface area (Å²) >= 11 is 4.96. The van der Waals surface area contributed by atoms with Gasteiger partial charge in [0.15, 0.2) is 0 Å². The highest BCUT2D eigenvalue weighted by Crippen LogP contribution is 2.15. The molecule has 0 saturated carbocycles. The summed E-state index contributed by atoms with van der Waals surface area (Å²) in [7, 11) is 2.06. The first-order valence-electron chi connectivity index (χ1n) is 6.87. The summed E-state index contributed by atoms with van der Waals surface area (Å²) in [6.07, 6.45) is 0. The van der Waals surface area contributed by atoms with Gasteiger partial charge in [-0.15, -0.1) is 0 Å². The minimum absolute atomic E-state index is 0.386. The van der Waals surface area contributed by atoms with Crippen molar-refractivity contribution in [3.63, 3.8) is 0 Å². The van der Waals surface area contributed by atoms with Crippen molar-refractivity contribution in [1.82, 2.24) is 0 Å². The van der Waals surface area contributed by atoms with Gasteiger partial charge in [0.1, 0.15) is 17.3 Å². The van der Waals surface area contributed by atoms with Crippen LogP contribution in [0, 0.1) is 6.92 Å². The second-order valence-electron chi connectivity index (χ2n) is 5.00. The number of ether oxygens (including phenoxy) is 1. The Morgan fingerprint density at radius 2 is 1.90 bits per heavy atom. The summed E-state index contributed by atoms with van der Waals surface area (Å²) in [4.78, 5) is 2.55. The fraction of sp³-hybridized carbons (Fsp3) is 0.235. The molecular weight excluding hydrogens is 280 g/mol. The van der Waals surface area contributed by atoms with E-state index in [2.05, 4.69) is 43.1 Å². The normalized spacial score (nSPS) is 10.2. The number of rotatable bonds is 6. The number of hydrogen-bond acceptors (Lipinski definition) is 3. The van der Waals surface area contributed by atoms with Crippen LogP contribution in [0.5, 0.6) is 5.75 Å². The summed E-state index contributed by atoms with van der Waals surface area (Å²) in [5, 5.41) is 0. The van der Waals surface area contributed by atoms with Crippen molar-refractivity contribution in [3.05, 3.63) is 59.7 Å². The zero-order valence-electron chi connectivity index (χ0n) is 12.4. The van der Waals surface area contributed by atoms with E-state index in [9.17, 15) is 0 Å². The van der Waals surface area contributed by atoms with E-state index in [4.69, 9.17) is 22.7 Å². The quantitative estimate of drug-likeness (QED) is 0.832. The fourth-order valence-corrected chi connectivity index (χ4v) is 2.09. The number of anilines is 1. The van der Waals surface area contributed by atoms with E-state index in [1.165, 1.54) is 11.3 Å². The van der Waals surface area contributed by atoms with Crippen LogP contribution in [-0.2, 0) is 0 Å². The molecule has 3 nitrogen and oxygen atoms in total. The minimum atomic E-state index is 0.386. The Balaban J connectivity index is 1.87. The average molecular weight is 300 g/mol. The van der Waals surface area contributed by atoms with E-state index in [1.54, 1.807) is 0 Å². The minimum Gasteiger partial charge on any atom is -0.492 e. The van der Waals surface area contributed by atoms with Crippen LogP contribution in [0.25, 0.3) is 0 Å². The molecule has 2 rings (SSSR count). The van der Waals surface area contributed by atoms with E-state index in [0.717, 1.165) is 17.9 Å². The van der Waals surface area contributed by atoms with Gasteiger partial charge in [-0.3, -0.25) is 0 Å². The van der Waals surface area contributed by atoms with Crippen molar-refractivity contribution in [2.75, 3.05) is 25.1 Å². The van der Waals surface area contributed by atoms with Crippen LogP contribution in [0.4, 0.5) is 5.69 Å². The number of nitrogens with zero attached hydrogens (tertiary/aromatic N) is 1. The van der Waals surface area contributed by atoms with E-state index >= 15 is 0 Å². The molecule has 4 heteroatoms. The standard InChI is InChI=1S/C17H20N2OS/c1-13-6-8-15(9-7-13)19(2)10-11-20-16-5-3-4-14(12-16)17(18)21/h3-9,12H,10-11H2,1-2H3,(H2,18,21). The molecule has 0 bridgehead atoms. The first-order valence-corrected chi connectivity index (χ1v) is 7.27. The van der Waals surface area contributed by atoms with Crippen LogP contribution in [0.15, 0.2) is 48.5 Å². The molecule has 0 aliphatic rings. The Hall–Kier alpha value is -2.07. The molecule has 2 aromatic carbocycles. The predicted molar refractivity (Wildman–Crippen MR) is 92.3 cm³/mol. The summed E-state index contributed by atoms with van der Waals surface area (Å²) in [6.45, 7) is 3.49. The fourth-order valence-electron chi connectivity index (χ4n) is 1.97. The molecule has 0 unspecified atom stereocenters. The van der Waals surface area contributed by atoms with Gasteiger partial charge in [0.05, 0.1) is 6.54 Å². The molecule has 2 N–H and O–H groups in total. The van der Waals surface area contributed by atoms with Crippen LogP contribution in [0.1, 0.15) is 11.1 Å². The molecule has 0 aliphatic carbocycles. The molecule has 110 valence electrons. The molecule has 0 fully saturated rings. The zero-order chi connectivity index (χ0) is 15.2. The van der Waals surface area contributed by atoms with Gasteiger partial charge in [-0.25, -0.2) is 0 Å². The Labute approximate surface area is 131 Å². The highest BCUT2D eigenvalue weighted by molar-refractivity contribution is 7.80. The second-order valence-corrected chi connectivity index (χ2v) is 5.44. The summed E-state index contributed by atoms with van der Waals surface area (Å²) in [5.41, 5.74) is 8.89. The van der Waals surface area contributed by atoms with E-state index in [0.29, 0.717) is 11.6 Å². The van der Waals surface area contributed by atoms with Crippen molar-refractivity contribution >= 4 is 22.9 Å². The molecule has 21 heavy (non-hydrogen) atoms. The van der Waals surface area contributed by atoms with Crippen molar-refractivity contribution in [3.8, 4) is 5.75 Å². The third kappa shape index (κ3) is 4.46. The van der Waals surface area contributed by atoms with Crippen LogP contribution >= 0.6 is 12.2 Å². The second kappa shape index (κ2) is 7.09. The van der Waals surface area contributed by atoms with Crippen LogP contribution in [0.2, 0.25) is 0 Å². The molecule has 0 heterocycles. The predicted octanol–water partition coefficient (Wildman–Crippen LogP) is 3.14. The van der Waals surface area contributed by atoms with Crippen molar-refractivity contribution in [1.29, 1.82) is 0 Å². The molecule has 0 aliphatic heterocycles. The summed E-state index contributed by atoms with van der Waals surface area (Å²) in [5.74, 6) is 0.789. The van der Waals surface area contributed by atoms with Gasteiger partial charge in [-0.05, 0) is 31.2 Å². The van der Waals surface area contributed by atoms with Gasteiger partial charge in [0, 0.05) is 18.3 Å². The monoisotopic (exact) mass is 300 g/mol. The van der Waals surface area contributed by atoms with Crippen LogP contribution in [0.3, 0.4) is 0 Å². The summed E-state index contributed by atoms with van der Waals surface area (Å²) < 4.78 is 5.76. The number of hydrogen-bond donors (Lipinski definition) is 1. The molecule has 0 radical (unpaired) electrons. The average Bonchev–Trinajstić information content (AvgIpc) is 2.48. The van der Waals surface area contributed by atoms with Crippen molar-refractivity contribution in [2.24, 2.45) is 5.73 Å². The number of nitrogens with two attached hydrogens (primary N) is 1. The number of aryl methyl sites for hydroxylation is 1. The van der Waals surface area contributed by atoms with Gasteiger partial charge in [0.2, 0.25) is 0 Å². The third-order valence-electron chi connectivity index (χ3n) is 3.29. The number of thiocarbonyl (C=S) groups is 1. The maximum atomic E-state index is 5.76. The highest BCUT2D eigenvalue weighted by Gasteiger charge is 2.02. The lowest BCUT2D eigenvalue weighted by molar-refractivity contribution is 0.326. The smallest absolute Gasteiger partial charge is 0.120 e. The van der Waals surface area contributed by atoms with Gasteiger partial charge in [-0.2, -0.15) is 0 Å². The third-order valence-corrected chi connectivity index (χ3v) is 3.52. The topological polar surface area (TPSA) is 38.5 Å². The van der Waals surface area contributed by atoms with E-state index < -0.39 is 0 Å². The first-order chi connectivity index (χ1) is 10.1. The van der Waals surface area contributed by atoms with Crippen molar-refractivity contribution < 1.29 is 4.74 Å². The Bertz CT molecular complexity index is 610. The van der Waals surface area contributed by atoms with Crippen LogP contribution in [-0.4, -0.2) is 25.2 Å². The molecule has 0 saturated heterocycles. The molecule has 2 aromatic rings. The molecule has 0 spiro atoms. The van der Waals surface area contributed by atoms with Gasteiger partial charge >= 0.3 is 0 Å². The molecule has 0 aromatic heterocycles. The van der Waals surface area contributed by atoms with Crippen LogP contribution < -0.4 is 15.4 Å². The maximum absolute atomic E-state index is 5.76. The Morgan fingerprint density at radius 3 is 2.57 bits per heavy atom. The highest BCUT2D eigenvalue weighted by atomic mass is 32.1. The van der Waals surface area contributed by atoms with Gasteiger partial charge in [0.25, 0.3) is 0 Å². The Morgan fingerprint density at radius 1 is 1.19 bits per heavy atom. The molecule has 0 amide bonds. The zero-order valence-corrected chi connectivity index (χ0v) is 13.2.